The first-order chi connectivity index (χ1) is 15.1. The summed E-state index contributed by atoms with van der Waals surface area (Å²) in [5, 5.41) is 5.67. The molecule has 0 atom stereocenters. The fourth-order valence-electron chi connectivity index (χ4n) is 2.89. The molecule has 0 aliphatic rings. The van der Waals surface area contributed by atoms with Crippen LogP contribution < -0.4 is 15.4 Å². The number of nitrogens with one attached hydrogen (secondary N) is 2. The van der Waals surface area contributed by atoms with E-state index in [2.05, 4.69) is 15.6 Å². The number of fused-ring (bicyclic) bond motifs is 1. The minimum absolute atomic E-state index is 0.200. The standard InChI is InChI=1S/C23H19N3O3S2/c1-29-16-12-10-15(11-13-16)24-22(28)17-6-2-3-7-18(17)25-21(27)14-30-23-26-19-8-4-5-9-20(19)31-23/h2-13H,14H2,1H3,(H,24,28)(H,25,27). The summed E-state index contributed by atoms with van der Waals surface area (Å²) in [6, 6.07) is 21.8. The van der Waals surface area contributed by atoms with E-state index in [1.165, 1.54) is 11.8 Å². The molecule has 0 aliphatic carbocycles. The average molecular weight is 450 g/mol. The van der Waals surface area contributed by atoms with Crippen LogP contribution in [0.2, 0.25) is 0 Å². The first-order valence-electron chi connectivity index (χ1n) is 9.45. The van der Waals surface area contributed by atoms with Crippen molar-refractivity contribution < 1.29 is 14.3 Å². The van der Waals surface area contributed by atoms with Gasteiger partial charge in [-0.2, -0.15) is 0 Å². The van der Waals surface area contributed by atoms with Gasteiger partial charge in [-0.15, -0.1) is 11.3 Å². The summed E-state index contributed by atoms with van der Waals surface area (Å²) in [6.07, 6.45) is 0. The van der Waals surface area contributed by atoms with Gasteiger partial charge in [0, 0.05) is 5.69 Å². The van der Waals surface area contributed by atoms with Gasteiger partial charge in [-0.25, -0.2) is 4.98 Å². The van der Waals surface area contributed by atoms with E-state index in [0.717, 1.165) is 14.6 Å². The van der Waals surface area contributed by atoms with Crippen molar-refractivity contribution in [2.75, 3.05) is 23.5 Å². The highest BCUT2D eigenvalue weighted by Gasteiger charge is 2.14. The third kappa shape index (κ3) is 5.22. The van der Waals surface area contributed by atoms with Crippen LogP contribution >= 0.6 is 23.1 Å². The van der Waals surface area contributed by atoms with Crippen molar-refractivity contribution in [3.8, 4) is 5.75 Å². The van der Waals surface area contributed by atoms with E-state index in [-0.39, 0.29) is 17.6 Å². The summed E-state index contributed by atoms with van der Waals surface area (Å²) in [7, 11) is 1.58. The molecule has 3 aromatic carbocycles. The molecule has 0 radical (unpaired) electrons. The zero-order chi connectivity index (χ0) is 21.6. The van der Waals surface area contributed by atoms with Gasteiger partial charge < -0.3 is 15.4 Å². The van der Waals surface area contributed by atoms with Gasteiger partial charge in [0.05, 0.1) is 34.3 Å². The van der Waals surface area contributed by atoms with Gasteiger partial charge in [-0.1, -0.05) is 36.0 Å². The Morgan fingerprint density at radius 3 is 2.48 bits per heavy atom. The molecule has 4 aromatic rings. The van der Waals surface area contributed by atoms with Gasteiger partial charge in [0.1, 0.15) is 5.75 Å². The second-order valence-electron chi connectivity index (χ2n) is 6.51. The minimum atomic E-state index is -0.306. The summed E-state index contributed by atoms with van der Waals surface area (Å²) in [5.41, 5.74) is 2.41. The number of hydrogen-bond acceptors (Lipinski definition) is 6. The molecule has 156 valence electrons. The molecular formula is C23H19N3O3S2. The van der Waals surface area contributed by atoms with E-state index in [1.54, 1.807) is 67.0 Å². The van der Waals surface area contributed by atoms with Crippen LogP contribution in [0.3, 0.4) is 0 Å². The molecule has 6 nitrogen and oxygen atoms in total. The molecule has 2 amide bonds. The topological polar surface area (TPSA) is 80.3 Å². The molecule has 0 fully saturated rings. The number of carbonyl (C=O) groups excluding carboxylic acids is 2. The molecule has 1 aromatic heterocycles. The highest BCUT2D eigenvalue weighted by atomic mass is 32.2. The maximum Gasteiger partial charge on any atom is 0.257 e. The maximum atomic E-state index is 12.7. The monoisotopic (exact) mass is 449 g/mol. The first kappa shape index (κ1) is 20.9. The predicted molar refractivity (Wildman–Crippen MR) is 126 cm³/mol. The number of nitrogens with zero attached hydrogens (tertiary/aromatic N) is 1. The molecule has 0 bridgehead atoms. The van der Waals surface area contributed by atoms with Crippen LogP contribution in [0, 0.1) is 0 Å². The Labute approximate surface area is 187 Å². The van der Waals surface area contributed by atoms with E-state index in [9.17, 15) is 9.59 Å². The number of anilines is 2. The van der Waals surface area contributed by atoms with Crippen LogP contribution in [-0.2, 0) is 4.79 Å². The Kier molecular flexibility index (Phi) is 6.49. The lowest BCUT2D eigenvalue weighted by Crippen LogP contribution is -2.19. The Bertz CT molecular complexity index is 1190. The van der Waals surface area contributed by atoms with E-state index >= 15 is 0 Å². The summed E-state index contributed by atoms with van der Waals surface area (Å²) >= 11 is 2.93. The number of thioether (sulfide) groups is 1. The molecule has 1 heterocycles. The van der Waals surface area contributed by atoms with Crippen molar-refractivity contribution in [3.63, 3.8) is 0 Å². The zero-order valence-electron chi connectivity index (χ0n) is 16.6. The number of rotatable bonds is 7. The Hall–Kier alpha value is -3.36. The van der Waals surface area contributed by atoms with E-state index in [1.807, 2.05) is 24.3 Å². The van der Waals surface area contributed by atoms with Gasteiger partial charge in [-0.05, 0) is 48.5 Å². The number of thiazole rings is 1. The van der Waals surface area contributed by atoms with Gasteiger partial charge in [0.15, 0.2) is 4.34 Å². The zero-order valence-corrected chi connectivity index (χ0v) is 18.3. The van der Waals surface area contributed by atoms with Crippen LogP contribution in [0.5, 0.6) is 5.75 Å². The number of carbonyl (C=O) groups is 2. The van der Waals surface area contributed by atoms with Crippen LogP contribution in [0.1, 0.15) is 10.4 Å². The predicted octanol–water partition coefficient (Wildman–Crippen LogP) is 5.29. The molecular weight excluding hydrogens is 430 g/mol. The molecule has 8 heteroatoms. The minimum Gasteiger partial charge on any atom is -0.497 e. The van der Waals surface area contributed by atoms with Crippen molar-refractivity contribution in [1.82, 2.24) is 4.98 Å². The molecule has 0 aliphatic heterocycles. The number of methoxy groups -OCH3 is 1. The number of ether oxygens (including phenoxy) is 1. The summed E-state index contributed by atoms with van der Waals surface area (Å²) in [4.78, 5) is 29.8. The number of aromatic nitrogens is 1. The van der Waals surface area contributed by atoms with Crippen molar-refractivity contribution >= 4 is 56.5 Å². The number of hydrogen-bond donors (Lipinski definition) is 2. The lowest BCUT2D eigenvalue weighted by atomic mass is 10.1. The number of para-hydroxylation sites is 2. The molecule has 4 rings (SSSR count). The molecule has 0 spiro atoms. The van der Waals surface area contributed by atoms with Crippen molar-refractivity contribution in [2.24, 2.45) is 0 Å². The quantitative estimate of drug-likeness (QED) is 0.375. The average Bonchev–Trinajstić information content (AvgIpc) is 3.22. The third-order valence-corrected chi connectivity index (χ3v) is 6.57. The molecule has 0 saturated carbocycles. The second-order valence-corrected chi connectivity index (χ2v) is 8.77. The van der Waals surface area contributed by atoms with Crippen LogP contribution in [0.15, 0.2) is 77.1 Å². The fraction of sp³-hybridized carbons (Fsp3) is 0.0870. The van der Waals surface area contributed by atoms with Crippen LogP contribution in [0.25, 0.3) is 10.2 Å². The van der Waals surface area contributed by atoms with E-state index in [4.69, 9.17) is 4.74 Å². The van der Waals surface area contributed by atoms with Crippen LogP contribution in [0.4, 0.5) is 11.4 Å². The lowest BCUT2D eigenvalue weighted by Gasteiger charge is -2.11. The first-order valence-corrected chi connectivity index (χ1v) is 11.3. The SMILES string of the molecule is COc1ccc(NC(=O)c2ccccc2NC(=O)CSc2nc3ccccc3s2)cc1. The number of amides is 2. The van der Waals surface area contributed by atoms with Crippen molar-refractivity contribution in [1.29, 1.82) is 0 Å². The molecule has 0 unspecified atom stereocenters. The largest absolute Gasteiger partial charge is 0.497 e. The highest BCUT2D eigenvalue weighted by Crippen LogP contribution is 2.29. The Morgan fingerprint density at radius 2 is 1.71 bits per heavy atom. The normalized spacial score (nSPS) is 10.6. The number of benzene rings is 3. The van der Waals surface area contributed by atoms with Crippen molar-refractivity contribution in [2.45, 2.75) is 4.34 Å². The van der Waals surface area contributed by atoms with Gasteiger partial charge in [-0.3, -0.25) is 9.59 Å². The molecule has 2 N–H and O–H groups in total. The second kappa shape index (κ2) is 9.63. The fourth-order valence-corrected chi connectivity index (χ4v) is 4.76. The van der Waals surface area contributed by atoms with E-state index in [0.29, 0.717) is 22.7 Å². The molecule has 31 heavy (non-hydrogen) atoms. The van der Waals surface area contributed by atoms with Gasteiger partial charge >= 0.3 is 0 Å². The highest BCUT2D eigenvalue weighted by molar-refractivity contribution is 8.01. The van der Waals surface area contributed by atoms with Crippen molar-refractivity contribution in [3.05, 3.63) is 78.4 Å². The molecule has 0 saturated heterocycles. The third-order valence-electron chi connectivity index (χ3n) is 4.39. The van der Waals surface area contributed by atoms with E-state index < -0.39 is 0 Å². The van der Waals surface area contributed by atoms with Gasteiger partial charge in [0.25, 0.3) is 5.91 Å². The maximum absolute atomic E-state index is 12.7. The summed E-state index contributed by atoms with van der Waals surface area (Å²) in [5.74, 6) is 0.402. The lowest BCUT2D eigenvalue weighted by molar-refractivity contribution is -0.113. The van der Waals surface area contributed by atoms with Crippen LogP contribution in [-0.4, -0.2) is 29.7 Å². The Morgan fingerprint density at radius 1 is 0.968 bits per heavy atom. The van der Waals surface area contributed by atoms with Gasteiger partial charge in [0.2, 0.25) is 5.91 Å². The Balaban J connectivity index is 1.39. The summed E-state index contributed by atoms with van der Waals surface area (Å²) in [6.45, 7) is 0. The smallest absolute Gasteiger partial charge is 0.257 e. The summed E-state index contributed by atoms with van der Waals surface area (Å²) < 4.78 is 7.05.